The first-order chi connectivity index (χ1) is 13.1. The molecular formula is C18H16N6O3. The Kier molecular flexibility index (Phi) is 4.25. The lowest BCUT2D eigenvalue weighted by Gasteiger charge is -2.14. The molecule has 9 heteroatoms. The molecule has 1 aromatic carbocycles. The Labute approximate surface area is 153 Å². The van der Waals surface area contributed by atoms with Gasteiger partial charge < -0.3 is 16.0 Å². The van der Waals surface area contributed by atoms with E-state index >= 15 is 0 Å². The molecule has 1 unspecified atom stereocenters. The van der Waals surface area contributed by atoms with E-state index in [4.69, 9.17) is 0 Å². The number of benzene rings is 1. The fourth-order valence-corrected chi connectivity index (χ4v) is 2.90. The van der Waals surface area contributed by atoms with Crippen LogP contribution in [-0.2, 0) is 16.1 Å². The molecule has 9 nitrogen and oxygen atoms in total. The van der Waals surface area contributed by atoms with Crippen molar-refractivity contribution in [3.05, 3.63) is 60.0 Å². The average Bonchev–Trinajstić information content (AvgIpc) is 3.04. The molecule has 3 N–H and O–H groups in total. The zero-order valence-electron chi connectivity index (χ0n) is 14.2. The summed E-state index contributed by atoms with van der Waals surface area (Å²) in [6.45, 7) is 0.159. The van der Waals surface area contributed by atoms with Crippen LogP contribution in [0.2, 0.25) is 0 Å². The number of hydrogen-bond acceptors (Lipinski definition) is 5. The minimum absolute atomic E-state index is 0.159. The lowest BCUT2D eigenvalue weighted by molar-refractivity contribution is -0.125. The van der Waals surface area contributed by atoms with Gasteiger partial charge in [0, 0.05) is 6.20 Å². The minimum Gasteiger partial charge on any atom is -0.349 e. The van der Waals surface area contributed by atoms with E-state index in [1.54, 1.807) is 40.9 Å². The first-order valence-corrected chi connectivity index (χ1v) is 8.38. The van der Waals surface area contributed by atoms with Crippen molar-refractivity contribution in [2.75, 3.05) is 5.32 Å². The van der Waals surface area contributed by atoms with Crippen molar-refractivity contribution in [1.29, 1.82) is 0 Å². The maximum atomic E-state index is 12.3. The van der Waals surface area contributed by atoms with E-state index in [0.29, 0.717) is 22.7 Å². The molecule has 0 radical (unpaired) electrons. The van der Waals surface area contributed by atoms with E-state index in [2.05, 4.69) is 26.1 Å². The molecule has 3 aromatic rings. The van der Waals surface area contributed by atoms with Gasteiger partial charge in [0.1, 0.15) is 6.04 Å². The van der Waals surface area contributed by atoms with Crippen LogP contribution in [0.4, 0.5) is 5.69 Å². The van der Waals surface area contributed by atoms with Gasteiger partial charge in [0.25, 0.3) is 5.91 Å². The Balaban J connectivity index is 1.41. The Bertz CT molecular complexity index is 1040. The Morgan fingerprint density at radius 2 is 1.93 bits per heavy atom. The number of nitrogens with zero attached hydrogens (tertiary/aromatic N) is 3. The van der Waals surface area contributed by atoms with Crippen molar-refractivity contribution >= 4 is 29.1 Å². The van der Waals surface area contributed by atoms with Crippen molar-refractivity contribution in [2.45, 2.75) is 19.0 Å². The molecule has 0 fully saturated rings. The fraction of sp³-hybridized carbons (Fsp3) is 0.167. The van der Waals surface area contributed by atoms with Crippen LogP contribution >= 0.6 is 0 Å². The molecule has 0 saturated carbocycles. The number of hydrogen-bond donors (Lipinski definition) is 3. The maximum Gasteiger partial charge on any atom is 0.254 e. The van der Waals surface area contributed by atoms with Crippen molar-refractivity contribution in [3.63, 3.8) is 0 Å². The number of aromatic nitrogens is 3. The molecule has 3 amide bonds. The van der Waals surface area contributed by atoms with Crippen molar-refractivity contribution in [1.82, 2.24) is 25.2 Å². The second kappa shape index (κ2) is 6.87. The van der Waals surface area contributed by atoms with Gasteiger partial charge in [-0.25, -0.2) is 0 Å². The molecule has 0 spiro atoms. The van der Waals surface area contributed by atoms with Crippen molar-refractivity contribution < 1.29 is 14.4 Å². The number of carbonyl (C=O) groups is 3. The van der Waals surface area contributed by atoms with E-state index in [0.717, 1.165) is 0 Å². The highest BCUT2D eigenvalue weighted by atomic mass is 16.2. The summed E-state index contributed by atoms with van der Waals surface area (Å²) in [4.78, 5) is 36.9. The molecular weight excluding hydrogens is 348 g/mol. The fourth-order valence-electron chi connectivity index (χ4n) is 2.90. The highest BCUT2D eigenvalue weighted by Crippen LogP contribution is 2.18. The van der Waals surface area contributed by atoms with E-state index in [1.165, 1.54) is 0 Å². The Morgan fingerprint density at radius 1 is 1.11 bits per heavy atom. The summed E-state index contributed by atoms with van der Waals surface area (Å²) in [6.07, 6.45) is 1.62. The van der Waals surface area contributed by atoms with E-state index in [-0.39, 0.29) is 18.9 Å². The Hall–Kier alpha value is -3.75. The highest BCUT2D eigenvalue weighted by Gasteiger charge is 2.29. The van der Waals surface area contributed by atoms with E-state index in [1.807, 2.05) is 12.1 Å². The van der Waals surface area contributed by atoms with Gasteiger partial charge in [-0.05, 0) is 24.3 Å². The van der Waals surface area contributed by atoms with Crippen LogP contribution in [0.3, 0.4) is 0 Å². The summed E-state index contributed by atoms with van der Waals surface area (Å²) in [5.41, 5.74) is 1.47. The highest BCUT2D eigenvalue weighted by molar-refractivity contribution is 6.10. The number of carbonyl (C=O) groups excluding carboxylic acids is 3. The SMILES string of the molecule is O=C(CC1NC(=O)c2ccccc2NC1=O)NCc1nnc2ccccn12. The molecule has 0 bridgehead atoms. The van der Waals surface area contributed by atoms with Crippen molar-refractivity contribution in [3.8, 4) is 0 Å². The summed E-state index contributed by atoms with van der Waals surface area (Å²) in [7, 11) is 0. The molecule has 1 aliphatic heterocycles. The number of amides is 3. The van der Waals surface area contributed by atoms with Crippen molar-refractivity contribution in [2.24, 2.45) is 0 Å². The summed E-state index contributed by atoms with van der Waals surface area (Å²) >= 11 is 0. The largest absolute Gasteiger partial charge is 0.349 e. The molecule has 4 rings (SSSR count). The second-order valence-corrected chi connectivity index (χ2v) is 6.09. The number of rotatable bonds is 4. The first kappa shape index (κ1) is 16.7. The van der Waals surface area contributed by atoms with Gasteiger partial charge in [0.2, 0.25) is 11.8 Å². The van der Waals surface area contributed by atoms with Crippen LogP contribution in [0.15, 0.2) is 48.7 Å². The van der Waals surface area contributed by atoms with Gasteiger partial charge >= 0.3 is 0 Å². The molecule has 0 saturated heterocycles. The average molecular weight is 364 g/mol. The number of nitrogens with one attached hydrogen (secondary N) is 3. The van der Waals surface area contributed by atoms with Gasteiger partial charge in [-0.2, -0.15) is 0 Å². The normalized spacial score (nSPS) is 16.2. The van der Waals surface area contributed by atoms with Gasteiger partial charge in [0.15, 0.2) is 11.5 Å². The third-order valence-electron chi connectivity index (χ3n) is 4.27. The monoisotopic (exact) mass is 364 g/mol. The minimum atomic E-state index is -0.958. The predicted octanol–water partition coefficient (Wildman–Crippen LogP) is 0.486. The van der Waals surface area contributed by atoms with Crippen LogP contribution in [0.5, 0.6) is 0 Å². The number of pyridine rings is 1. The summed E-state index contributed by atoms with van der Waals surface area (Å²) in [5.74, 6) is -0.642. The molecule has 136 valence electrons. The molecule has 1 atom stereocenters. The smallest absolute Gasteiger partial charge is 0.254 e. The van der Waals surface area contributed by atoms with Crippen LogP contribution < -0.4 is 16.0 Å². The zero-order chi connectivity index (χ0) is 18.8. The van der Waals surface area contributed by atoms with Crippen LogP contribution in [0.25, 0.3) is 5.65 Å². The maximum absolute atomic E-state index is 12.3. The summed E-state index contributed by atoms with van der Waals surface area (Å²) < 4.78 is 1.76. The lowest BCUT2D eigenvalue weighted by atomic mass is 10.1. The van der Waals surface area contributed by atoms with Gasteiger partial charge in [-0.3, -0.25) is 18.8 Å². The first-order valence-electron chi connectivity index (χ1n) is 8.38. The summed E-state index contributed by atoms with van der Waals surface area (Å²) in [5, 5.41) is 16.0. The second-order valence-electron chi connectivity index (χ2n) is 6.09. The Morgan fingerprint density at radius 3 is 2.81 bits per heavy atom. The molecule has 27 heavy (non-hydrogen) atoms. The summed E-state index contributed by atoms with van der Waals surface area (Å²) in [6, 6.07) is 11.2. The predicted molar refractivity (Wildman–Crippen MR) is 95.8 cm³/mol. The third kappa shape index (κ3) is 3.34. The number of fused-ring (bicyclic) bond motifs is 2. The lowest BCUT2D eigenvalue weighted by Crippen LogP contribution is -2.44. The third-order valence-corrected chi connectivity index (χ3v) is 4.27. The van der Waals surface area contributed by atoms with Gasteiger partial charge in [0.05, 0.1) is 24.2 Å². The van der Waals surface area contributed by atoms with Crippen LogP contribution in [0.1, 0.15) is 22.6 Å². The molecule has 2 aromatic heterocycles. The van der Waals surface area contributed by atoms with Gasteiger partial charge in [-0.1, -0.05) is 18.2 Å². The molecule has 1 aliphatic rings. The van der Waals surface area contributed by atoms with Crippen LogP contribution in [-0.4, -0.2) is 38.4 Å². The number of para-hydroxylation sites is 1. The van der Waals surface area contributed by atoms with E-state index < -0.39 is 17.9 Å². The molecule has 0 aliphatic carbocycles. The van der Waals surface area contributed by atoms with Crippen LogP contribution in [0, 0.1) is 0 Å². The number of anilines is 1. The topological polar surface area (TPSA) is 117 Å². The van der Waals surface area contributed by atoms with E-state index in [9.17, 15) is 14.4 Å². The standard InChI is InChI=1S/C18H16N6O3/c25-16(19-10-15-23-22-14-7-3-4-8-24(14)15)9-13-18(27)20-12-6-2-1-5-11(12)17(26)21-13/h1-8,13H,9-10H2,(H,19,25)(H,20,27)(H,21,26). The zero-order valence-corrected chi connectivity index (χ0v) is 14.2. The van der Waals surface area contributed by atoms with Gasteiger partial charge in [-0.15, -0.1) is 10.2 Å². The molecule has 3 heterocycles. The quantitative estimate of drug-likeness (QED) is 0.623.